The summed E-state index contributed by atoms with van der Waals surface area (Å²) in [5.41, 5.74) is 0.705. The number of hydrogen-bond acceptors (Lipinski definition) is 4. The first-order valence-corrected chi connectivity index (χ1v) is 8.78. The van der Waals surface area contributed by atoms with Crippen molar-refractivity contribution in [2.75, 3.05) is 24.9 Å². The van der Waals surface area contributed by atoms with Crippen molar-refractivity contribution in [1.82, 2.24) is 4.90 Å². The summed E-state index contributed by atoms with van der Waals surface area (Å²) in [7, 11) is 2.29. The fourth-order valence-electron chi connectivity index (χ4n) is 2.33. The van der Waals surface area contributed by atoms with Crippen LogP contribution in [-0.4, -0.2) is 35.0 Å². The van der Waals surface area contributed by atoms with Gasteiger partial charge >= 0.3 is 0 Å². The van der Waals surface area contributed by atoms with E-state index in [4.69, 9.17) is 4.74 Å². The van der Waals surface area contributed by atoms with Crippen LogP contribution in [0.4, 0.5) is 5.69 Å². The van der Waals surface area contributed by atoms with Crippen molar-refractivity contribution in [1.29, 1.82) is 0 Å². The van der Waals surface area contributed by atoms with E-state index in [1.165, 1.54) is 4.90 Å². The van der Waals surface area contributed by atoms with Crippen molar-refractivity contribution in [3.05, 3.63) is 65.7 Å². The molecule has 0 spiro atoms. The minimum atomic E-state index is -1.31. The molecule has 0 bridgehead atoms. The Balaban J connectivity index is 1.77. The first-order chi connectivity index (χ1) is 11.5. The van der Waals surface area contributed by atoms with Gasteiger partial charge in [-0.25, -0.2) is 0 Å². The van der Waals surface area contributed by atoms with Crippen LogP contribution in [-0.2, 0) is 15.6 Å². The van der Waals surface area contributed by atoms with Gasteiger partial charge < -0.3 is 9.64 Å². The molecule has 1 amide bonds. The molecule has 1 heterocycles. The lowest BCUT2D eigenvalue weighted by Gasteiger charge is -2.15. The summed E-state index contributed by atoms with van der Waals surface area (Å²) in [6, 6.07) is 16.7. The van der Waals surface area contributed by atoms with Crippen LogP contribution in [0.15, 0.2) is 65.7 Å². The van der Waals surface area contributed by atoms with E-state index in [9.17, 15) is 9.00 Å². The molecule has 0 saturated carbocycles. The van der Waals surface area contributed by atoms with Crippen molar-refractivity contribution in [2.45, 2.75) is 0 Å². The molecule has 0 aromatic heterocycles. The number of ether oxygens (including phenoxy) is 1. The summed E-state index contributed by atoms with van der Waals surface area (Å²) in [6.45, 7) is 0. The highest BCUT2D eigenvalue weighted by molar-refractivity contribution is 7.90. The van der Waals surface area contributed by atoms with Gasteiger partial charge in [0.2, 0.25) is 0 Å². The smallest absolute Gasteiger partial charge is 0.269 e. The largest absolute Gasteiger partial charge is 0.457 e. The van der Waals surface area contributed by atoms with E-state index >= 15 is 0 Å². The minimum absolute atomic E-state index is 0.178. The Kier molecular flexibility index (Phi) is 4.66. The zero-order chi connectivity index (χ0) is 17.1. The first-order valence-electron chi connectivity index (χ1n) is 7.46. The van der Waals surface area contributed by atoms with E-state index < -0.39 is 10.8 Å². The quantitative estimate of drug-likeness (QED) is 0.802. The fraction of sp³-hybridized carbons (Fsp3) is 0.167. The van der Waals surface area contributed by atoms with Gasteiger partial charge in [0, 0.05) is 26.0 Å². The Morgan fingerprint density at radius 3 is 2.29 bits per heavy atom. The fourth-order valence-corrected chi connectivity index (χ4v) is 3.61. The number of carbonyl (C=O) groups is 1. The van der Waals surface area contributed by atoms with Gasteiger partial charge in [-0.05, 0) is 36.4 Å². The van der Waals surface area contributed by atoms with Gasteiger partial charge in [-0.15, -0.1) is 0 Å². The molecule has 1 saturated heterocycles. The molecule has 24 heavy (non-hydrogen) atoms. The molecule has 0 radical (unpaired) electrons. The number of anilines is 1. The average molecular weight is 342 g/mol. The van der Waals surface area contributed by atoms with Crippen LogP contribution in [0, 0.1) is 0 Å². The molecule has 1 aliphatic heterocycles. The minimum Gasteiger partial charge on any atom is -0.457 e. The van der Waals surface area contributed by atoms with Crippen molar-refractivity contribution in [3.8, 4) is 11.5 Å². The second-order valence-corrected chi connectivity index (χ2v) is 6.96. The lowest BCUT2D eigenvalue weighted by molar-refractivity contribution is -0.114. The van der Waals surface area contributed by atoms with E-state index in [2.05, 4.69) is 0 Å². The molecule has 1 unspecified atom stereocenters. The first kappa shape index (κ1) is 16.3. The van der Waals surface area contributed by atoms with Gasteiger partial charge in [0.15, 0.2) is 0 Å². The summed E-state index contributed by atoms with van der Waals surface area (Å²) in [4.78, 5) is 16.0. The van der Waals surface area contributed by atoms with Crippen LogP contribution >= 0.6 is 0 Å². The van der Waals surface area contributed by atoms with Crippen LogP contribution in [0.3, 0.4) is 0 Å². The standard InChI is InChI=1S/C18H18N2O3S/c1-19(2)12-17-18(21)20(13-24(17)22)14-8-10-16(11-9-14)23-15-6-4-3-5-7-15/h3-12H,13H2,1-2H3. The lowest BCUT2D eigenvalue weighted by Crippen LogP contribution is -2.24. The van der Waals surface area contributed by atoms with E-state index in [1.807, 2.05) is 30.3 Å². The molecule has 124 valence electrons. The highest BCUT2D eigenvalue weighted by atomic mass is 32.2. The van der Waals surface area contributed by atoms with Gasteiger partial charge in [-0.2, -0.15) is 0 Å². The molecular formula is C18H18N2O3S. The van der Waals surface area contributed by atoms with Gasteiger partial charge in [0.1, 0.15) is 22.3 Å². The van der Waals surface area contributed by atoms with Gasteiger partial charge in [0.05, 0.1) is 10.8 Å². The van der Waals surface area contributed by atoms with Crippen LogP contribution in [0.25, 0.3) is 0 Å². The Hall–Kier alpha value is -2.60. The Morgan fingerprint density at radius 2 is 1.67 bits per heavy atom. The van der Waals surface area contributed by atoms with Crippen LogP contribution in [0.1, 0.15) is 0 Å². The van der Waals surface area contributed by atoms with Crippen LogP contribution in [0.2, 0.25) is 0 Å². The number of carbonyl (C=O) groups excluding carboxylic acids is 1. The molecule has 2 aromatic rings. The van der Waals surface area contributed by atoms with E-state index in [1.54, 1.807) is 49.5 Å². The zero-order valence-corrected chi connectivity index (χ0v) is 14.3. The number of hydrogen-bond donors (Lipinski definition) is 0. The molecule has 1 aliphatic rings. The number of amides is 1. The maximum atomic E-state index is 12.4. The predicted octanol–water partition coefficient (Wildman–Crippen LogP) is 2.93. The van der Waals surface area contributed by atoms with E-state index in [0.29, 0.717) is 16.3 Å². The molecular weight excluding hydrogens is 324 g/mol. The van der Waals surface area contributed by atoms with Crippen molar-refractivity contribution in [2.24, 2.45) is 0 Å². The number of benzene rings is 2. The molecule has 0 N–H and O–H groups in total. The average Bonchev–Trinajstić information content (AvgIpc) is 2.84. The Morgan fingerprint density at radius 1 is 1.04 bits per heavy atom. The third kappa shape index (κ3) is 3.49. The predicted molar refractivity (Wildman–Crippen MR) is 95.2 cm³/mol. The molecule has 3 rings (SSSR count). The van der Waals surface area contributed by atoms with Crippen LogP contribution in [0.5, 0.6) is 11.5 Å². The summed E-state index contributed by atoms with van der Waals surface area (Å²) in [5.74, 6) is 1.39. The molecule has 5 nitrogen and oxygen atoms in total. The maximum absolute atomic E-state index is 12.4. The normalized spacial score (nSPS) is 18.9. The Bertz CT molecular complexity index is 786. The van der Waals surface area contributed by atoms with E-state index in [-0.39, 0.29) is 11.8 Å². The lowest BCUT2D eigenvalue weighted by atomic mass is 10.2. The highest BCUT2D eigenvalue weighted by Crippen LogP contribution is 2.28. The summed E-state index contributed by atoms with van der Waals surface area (Å²) in [6.07, 6.45) is 1.62. The van der Waals surface area contributed by atoms with E-state index in [0.717, 1.165) is 5.75 Å². The maximum Gasteiger partial charge on any atom is 0.269 e. The molecule has 0 aliphatic carbocycles. The van der Waals surface area contributed by atoms with Gasteiger partial charge in [0.25, 0.3) is 5.91 Å². The number of para-hydroxylation sites is 1. The SMILES string of the molecule is CN(C)C=C1C(=O)N(c2ccc(Oc3ccccc3)cc2)CS1=O. The summed E-state index contributed by atoms with van der Waals surface area (Å²) >= 11 is 0. The third-order valence-corrected chi connectivity index (χ3v) is 4.71. The summed E-state index contributed by atoms with van der Waals surface area (Å²) in [5, 5.41) is 0. The molecule has 2 aromatic carbocycles. The topological polar surface area (TPSA) is 49.9 Å². The zero-order valence-electron chi connectivity index (χ0n) is 13.5. The Labute approximate surface area is 143 Å². The summed E-state index contributed by atoms with van der Waals surface area (Å²) < 4.78 is 17.9. The van der Waals surface area contributed by atoms with Crippen molar-refractivity contribution < 1.29 is 13.7 Å². The number of nitrogens with zero attached hydrogens (tertiary/aromatic N) is 2. The van der Waals surface area contributed by atoms with Gasteiger partial charge in [-0.3, -0.25) is 13.9 Å². The number of rotatable bonds is 4. The second-order valence-electron chi connectivity index (χ2n) is 5.57. The monoisotopic (exact) mass is 342 g/mol. The molecule has 1 atom stereocenters. The van der Waals surface area contributed by atoms with Crippen molar-refractivity contribution in [3.63, 3.8) is 0 Å². The van der Waals surface area contributed by atoms with Crippen molar-refractivity contribution >= 4 is 22.4 Å². The molecule has 1 fully saturated rings. The highest BCUT2D eigenvalue weighted by Gasteiger charge is 2.33. The van der Waals surface area contributed by atoms with Gasteiger partial charge in [-0.1, -0.05) is 18.2 Å². The van der Waals surface area contributed by atoms with Crippen LogP contribution < -0.4 is 9.64 Å². The third-order valence-electron chi connectivity index (χ3n) is 3.45. The second kappa shape index (κ2) is 6.88. The molecule has 6 heteroatoms.